The maximum absolute atomic E-state index is 11.2. The quantitative estimate of drug-likeness (QED) is 0.580. The minimum absolute atomic E-state index is 0.00128. The van der Waals surface area contributed by atoms with Crippen LogP contribution >= 0.6 is 0 Å². The van der Waals surface area contributed by atoms with E-state index in [9.17, 15) is 4.79 Å². The lowest BCUT2D eigenvalue weighted by Crippen LogP contribution is -2.40. The predicted molar refractivity (Wildman–Crippen MR) is 75.0 cm³/mol. The molecule has 0 radical (unpaired) electrons. The Hall–Kier alpha value is -1.51. The highest BCUT2D eigenvalue weighted by Gasteiger charge is 2.70. The first-order valence-corrected chi connectivity index (χ1v) is 7.44. The molecule has 2 fully saturated rings. The van der Waals surface area contributed by atoms with Crippen LogP contribution in [0.15, 0.2) is 12.1 Å². The number of benzene rings is 1. The van der Waals surface area contributed by atoms with Gasteiger partial charge in [-0.05, 0) is 49.8 Å². The molecule has 3 heteroatoms. The van der Waals surface area contributed by atoms with Gasteiger partial charge in [0.1, 0.15) is 17.1 Å². The van der Waals surface area contributed by atoms with Crippen LogP contribution in [-0.4, -0.2) is 11.6 Å². The number of ether oxygens (including phenoxy) is 2. The van der Waals surface area contributed by atoms with Crippen LogP contribution in [0, 0.1) is 18.3 Å². The van der Waals surface area contributed by atoms with Gasteiger partial charge in [0.05, 0.1) is 0 Å². The highest BCUT2D eigenvalue weighted by Crippen LogP contribution is 2.71. The first-order chi connectivity index (χ1) is 9.43. The van der Waals surface area contributed by atoms with Crippen molar-refractivity contribution in [1.29, 1.82) is 0 Å². The number of carbonyl (C=O) groups is 1. The zero-order valence-corrected chi connectivity index (χ0v) is 12.3. The fourth-order valence-electron chi connectivity index (χ4n) is 4.34. The van der Waals surface area contributed by atoms with Crippen molar-refractivity contribution in [3.05, 3.63) is 23.3 Å². The summed E-state index contributed by atoms with van der Waals surface area (Å²) >= 11 is 0. The molecule has 20 heavy (non-hydrogen) atoms. The van der Waals surface area contributed by atoms with Crippen LogP contribution in [0.2, 0.25) is 0 Å². The molecule has 1 aromatic carbocycles. The second-order valence-electron chi connectivity index (χ2n) is 6.95. The van der Waals surface area contributed by atoms with Gasteiger partial charge in [0, 0.05) is 24.3 Å². The Labute approximate surface area is 119 Å². The van der Waals surface area contributed by atoms with Crippen molar-refractivity contribution in [3.8, 4) is 11.5 Å². The topological polar surface area (TPSA) is 35.5 Å². The van der Waals surface area contributed by atoms with E-state index in [0.717, 1.165) is 30.1 Å². The van der Waals surface area contributed by atoms with Crippen molar-refractivity contribution in [3.63, 3.8) is 0 Å². The molecule has 4 rings (SSSR count). The minimum atomic E-state index is -0.267. The molecule has 1 heterocycles. The lowest BCUT2D eigenvalue weighted by molar-refractivity contribution is -0.131. The van der Waals surface area contributed by atoms with E-state index in [1.807, 2.05) is 19.1 Å². The molecule has 2 saturated carbocycles. The number of aryl methyl sites for hydroxylation is 1. The van der Waals surface area contributed by atoms with E-state index in [4.69, 9.17) is 9.47 Å². The van der Waals surface area contributed by atoms with Gasteiger partial charge in [-0.15, -0.1) is 0 Å². The number of fused-ring (bicyclic) bond motifs is 3. The molecule has 1 aromatic rings. The Morgan fingerprint density at radius 3 is 2.85 bits per heavy atom. The van der Waals surface area contributed by atoms with Crippen molar-refractivity contribution < 1.29 is 14.3 Å². The Kier molecular flexibility index (Phi) is 2.19. The smallest absolute Gasteiger partial charge is 0.308 e. The van der Waals surface area contributed by atoms with Crippen LogP contribution in [0.3, 0.4) is 0 Å². The minimum Gasteiger partial charge on any atom is -0.486 e. The fraction of sp³-hybridized carbons (Fsp3) is 0.588. The molecule has 0 amide bonds. The van der Waals surface area contributed by atoms with Crippen molar-refractivity contribution >= 4 is 5.97 Å². The summed E-state index contributed by atoms with van der Waals surface area (Å²) in [5, 5.41) is 0. The van der Waals surface area contributed by atoms with Crippen LogP contribution in [-0.2, 0) is 11.2 Å². The normalized spacial score (nSPS) is 36.5. The van der Waals surface area contributed by atoms with Crippen molar-refractivity contribution in [2.24, 2.45) is 11.3 Å². The van der Waals surface area contributed by atoms with Crippen molar-refractivity contribution in [2.45, 2.75) is 52.1 Å². The highest BCUT2D eigenvalue weighted by atomic mass is 16.5. The molecule has 3 aliphatic rings. The third-order valence-electron chi connectivity index (χ3n) is 5.74. The molecule has 0 unspecified atom stereocenters. The standard InChI is InChI=1S/C17H20O3/c1-10-6-15-12(7-14(10)19-11(2)18)8-17(20-15)5-4-13-9-16(13,17)3/h6-7,13H,4-5,8-9H2,1-3H3/t13-,16+,17+/m1/s1. The summed E-state index contributed by atoms with van der Waals surface area (Å²) in [6.45, 7) is 5.77. The molecule has 1 spiro atoms. The molecule has 0 N–H and O–H groups in total. The SMILES string of the molecule is CC(=O)Oc1cc2c(cc1C)O[C@@]1(CC[C@@H]3C[C@@]31C)C2. The van der Waals surface area contributed by atoms with Gasteiger partial charge in [-0.2, -0.15) is 0 Å². The molecule has 0 saturated heterocycles. The molecule has 0 bridgehead atoms. The van der Waals surface area contributed by atoms with E-state index in [1.54, 1.807) is 0 Å². The van der Waals surface area contributed by atoms with Crippen LogP contribution in [0.1, 0.15) is 44.2 Å². The highest BCUT2D eigenvalue weighted by molar-refractivity contribution is 5.70. The summed E-state index contributed by atoms with van der Waals surface area (Å²) in [6, 6.07) is 4.03. The number of hydrogen-bond donors (Lipinski definition) is 0. The summed E-state index contributed by atoms with van der Waals surface area (Å²) in [7, 11) is 0. The Bertz CT molecular complexity index is 619. The van der Waals surface area contributed by atoms with Gasteiger partial charge in [0.25, 0.3) is 0 Å². The van der Waals surface area contributed by atoms with E-state index in [1.165, 1.54) is 25.3 Å². The summed E-state index contributed by atoms with van der Waals surface area (Å²) in [6.07, 6.45) is 4.71. The summed E-state index contributed by atoms with van der Waals surface area (Å²) in [4.78, 5) is 11.2. The average molecular weight is 272 g/mol. The average Bonchev–Trinajstić information content (AvgIpc) is 2.79. The second-order valence-corrected chi connectivity index (χ2v) is 6.95. The molecule has 106 valence electrons. The van der Waals surface area contributed by atoms with Crippen molar-refractivity contribution in [1.82, 2.24) is 0 Å². The molecular weight excluding hydrogens is 252 g/mol. The summed E-state index contributed by atoms with van der Waals surface area (Å²) in [5.74, 6) is 2.25. The Morgan fingerprint density at radius 1 is 1.45 bits per heavy atom. The van der Waals surface area contributed by atoms with Gasteiger partial charge in [0.15, 0.2) is 0 Å². The van der Waals surface area contributed by atoms with Gasteiger partial charge in [-0.1, -0.05) is 6.92 Å². The lowest BCUT2D eigenvalue weighted by atomic mass is 9.83. The zero-order valence-electron chi connectivity index (χ0n) is 12.3. The number of rotatable bonds is 1. The zero-order chi connectivity index (χ0) is 14.1. The van der Waals surface area contributed by atoms with E-state index in [2.05, 4.69) is 6.92 Å². The first-order valence-electron chi connectivity index (χ1n) is 7.44. The van der Waals surface area contributed by atoms with Gasteiger partial charge in [-0.3, -0.25) is 4.79 Å². The van der Waals surface area contributed by atoms with Crippen LogP contribution < -0.4 is 9.47 Å². The maximum Gasteiger partial charge on any atom is 0.308 e. The molecule has 0 aromatic heterocycles. The molecule has 1 aliphatic heterocycles. The Balaban J connectivity index is 1.70. The van der Waals surface area contributed by atoms with Gasteiger partial charge in [0.2, 0.25) is 0 Å². The third kappa shape index (κ3) is 1.44. The van der Waals surface area contributed by atoms with Crippen LogP contribution in [0.5, 0.6) is 11.5 Å². The van der Waals surface area contributed by atoms with Crippen molar-refractivity contribution in [2.75, 3.05) is 0 Å². The summed E-state index contributed by atoms with van der Waals surface area (Å²) in [5.41, 5.74) is 2.52. The molecule has 2 aliphatic carbocycles. The monoisotopic (exact) mass is 272 g/mol. The first kappa shape index (κ1) is 12.2. The predicted octanol–water partition coefficient (Wildman–Crippen LogP) is 3.41. The Morgan fingerprint density at radius 2 is 2.25 bits per heavy atom. The van der Waals surface area contributed by atoms with Gasteiger partial charge < -0.3 is 9.47 Å². The van der Waals surface area contributed by atoms with Gasteiger partial charge >= 0.3 is 5.97 Å². The molecule has 3 atom stereocenters. The van der Waals surface area contributed by atoms with Gasteiger partial charge in [-0.25, -0.2) is 0 Å². The van der Waals surface area contributed by atoms with E-state index in [-0.39, 0.29) is 11.6 Å². The fourth-order valence-corrected chi connectivity index (χ4v) is 4.34. The van der Waals surface area contributed by atoms with E-state index in [0.29, 0.717) is 11.2 Å². The number of carbonyl (C=O) groups excluding carboxylic acids is 1. The number of esters is 1. The van der Waals surface area contributed by atoms with E-state index >= 15 is 0 Å². The second kappa shape index (κ2) is 3.57. The van der Waals surface area contributed by atoms with Crippen LogP contribution in [0.4, 0.5) is 0 Å². The maximum atomic E-state index is 11.2. The lowest BCUT2D eigenvalue weighted by Gasteiger charge is -2.31. The number of hydrogen-bond acceptors (Lipinski definition) is 3. The van der Waals surface area contributed by atoms with Crippen LogP contribution in [0.25, 0.3) is 0 Å². The third-order valence-corrected chi connectivity index (χ3v) is 5.74. The molecular formula is C17H20O3. The summed E-state index contributed by atoms with van der Waals surface area (Å²) < 4.78 is 11.7. The largest absolute Gasteiger partial charge is 0.486 e. The van der Waals surface area contributed by atoms with E-state index < -0.39 is 0 Å². The molecule has 3 nitrogen and oxygen atoms in total.